The molecular weight excluding hydrogens is 262 g/mol. The van der Waals surface area contributed by atoms with Crippen LogP contribution in [0.4, 0.5) is 0 Å². The second kappa shape index (κ2) is 7.18. The summed E-state index contributed by atoms with van der Waals surface area (Å²) in [5.41, 5.74) is 4.31. The molecule has 1 aromatic carbocycles. The van der Waals surface area contributed by atoms with Crippen molar-refractivity contribution in [3.05, 3.63) is 52.8 Å². The number of benzene rings is 1. The minimum Gasteiger partial charge on any atom is -0.496 e. The van der Waals surface area contributed by atoms with Gasteiger partial charge in [-0.05, 0) is 50.1 Å². The van der Waals surface area contributed by atoms with E-state index in [-0.39, 0.29) is 6.04 Å². The number of hydrogen-bond acceptors (Lipinski definition) is 4. The van der Waals surface area contributed by atoms with Crippen molar-refractivity contribution >= 4 is 0 Å². The molecule has 0 spiro atoms. The Bertz CT molecular complexity index is 598. The van der Waals surface area contributed by atoms with Crippen LogP contribution in [0.1, 0.15) is 35.5 Å². The molecule has 4 heteroatoms. The molecule has 1 heterocycles. The summed E-state index contributed by atoms with van der Waals surface area (Å²) in [6.07, 6.45) is 0.865. The topological polar surface area (TPSA) is 47.0 Å². The molecule has 1 unspecified atom stereocenters. The smallest absolute Gasteiger partial charge is 0.122 e. The number of hydrogen-bond donors (Lipinski definition) is 1. The van der Waals surface area contributed by atoms with Crippen molar-refractivity contribution in [2.45, 2.75) is 33.2 Å². The average Bonchev–Trinajstić information content (AvgIpc) is 2.50. The summed E-state index contributed by atoms with van der Waals surface area (Å²) in [6.45, 7) is 7.00. The Morgan fingerprint density at radius 1 is 1.19 bits per heavy atom. The van der Waals surface area contributed by atoms with Crippen molar-refractivity contribution in [3.63, 3.8) is 0 Å². The monoisotopic (exact) mass is 285 g/mol. The van der Waals surface area contributed by atoms with E-state index in [1.54, 1.807) is 7.11 Å². The third-order valence-corrected chi connectivity index (χ3v) is 3.58. The molecule has 112 valence electrons. The SMILES string of the molecule is CCNC(Cc1ccccc1OC)c1cc(C)nnc1C. The number of nitrogens with one attached hydrogen (secondary N) is 1. The number of methoxy groups -OCH3 is 1. The van der Waals surface area contributed by atoms with Gasteiger partial charge in [0.15, 0.2) is 0 Å². The standard InChI is InChI=1S/C17H23N3O/c1-5-18-16(15-10-12(2)19-20-13(15)3)11-14-8-6-7-9-17(14)21-4/h6-10,16,18H,5,11H2,1-4H3. The molecule has 2 aromatic rings. The Morgan fingerprint density at radius 3 is 2.67 bits per heavy atom. The van der Waals surface area contributed by atoms with Crippen LogP contribution in [0, 0.1) is 13.8 Å². The molecular formula is C17H23N3O. The maximum absolute atomic E-state index is 5.46. The highest BCUT2D eigenvalue weighted by Crippen LogP contribution is 2.26. The zero-order chi connectivity index (χ0) is 15.2. The normalized spacial score (nSPS) is 12.2. The Kier molecular flexibility index (Phi) is 5.28. The lowest BCUT2D eigenvalue weighted by Crippen LogP contribution is -2.24. The number of para-hydroxylation sites is 1. The lowest BCUT2D eigenvalue weighted by atomic mass is 9.97. The molecule has 0 aliphatic rings. The summed E-state index contributed by atoms with van der Waals surface area (Å²) < 4.78 is 5.46. The van der Waals surface area contributed by atoms with E-state index in [1.807, 2.05) is 32.0 Å². The van der Waals surface area contributed by atoms with Crippen LogP contribution in [-0.4, -0.2) is 23.9 Å². The Hall–Kier alpha value is -1.94. The molecule has 1 atom stereocenters. The predicted octanol–water partition coefficient (Wildman–Crippen LogP) is 3.00. The van der Waals surface area contributed by atoms with Crippen molar-refractivity contribution in [1.29, 1.82) is 0 Å². The second-order valence-electron chi connectivity index (χ2n) is 5.15. The fraction of sp³-hybridized carbons (Fsp3) is 0.412. The fourth-order valence-electron chi connectivity index (χ4n) is 2.55. The maximum Gasteiger partial charge on any atom is 0.122 e. The van der Waals surface area contributed by atoms with Gasteiger partial charge < -0.3 is 10.1 Å². The zero-order valence-electron chi connectivity index (χ0n) is 13.2. The van der Waals surface area contributed by atoms with Gasteiger partial charge in [0.1, 0.15) is 5.75 Å². The van der Waals surface area contributed by atoms with Gasteiger partial charge in [-0.25, -0.2) is 0 Å². The zero-order valence-corrected chi connectivity index (χ0v) is 13.2. The third kappa shape index (κ3) is 3.79. The Labute approximate surface area is 126 Å². The summed E-state index contributed by atoms with van der Waals surface area (Å²) >= 11 is 0. The molecule has 1 aromatic heterocycles. The van der Waals surface area contributed by atoms with Gasteiger partial charge in [0.05, 0.1) is 18.5 Å². The fourth-order valence-corrected chi connectivity index (χ4v) is 2.55. The van der Waals surface area contributed by atoms with E-state index >= 15 is 0 Å². The van der Waals surface area contributed by atoms with E-state index in [4.69, 9.17) is 4.74 Å². The van der Waals surface area contributed by atoms with Gasteiger partial charge in [-0.2, -0.15) is 10.2 Å². The summed E-state index contributed by atoms with van der Waals surface area (Å²) in [6, 6.07) is 10.5. The molecule has 0 saturated heterocycles. The lowest BCUT2D eigenvalue weighted by Gasteiger charge is -2.21. The highest BCUT2D eigenvalue weighted by molar-refractivity contribution is 5.36. The average molecular weight is 285 g/mol. The van der Waals surface area contributed by atoms with Gasteiger partial charge >= 0.3 is 0 Å². The minimum atomic E-state index is 0.209. The van der Waals surface area contributed by atoms with Crippen LogP contribution < -0.4 is 10.1 Å². The van der Waals surface area contributed by atoms with E-state index in [9.17, 15) is 0 Å². The first-order valence-corrected chi connectivity index (χ1v) is 7.31. The largest absolute Gasteiger partial charge is 0.496 e. The molecule has 0 bridgehead atoms. The van der Waals surface area contributed by atoms with Crippen molar-refractivity contribution in [2.24, 2.45) is 0 Å². The van der Waals surface area contributed by atoms with E-state index in [0.29, 0.717) is 0 Å². The van der Waals surface area contributed by atoms with Crippen LogP contribution >= 0.6 is 0 Å². The first-order valence-electron chi connectivity index (χ1n) is 7.31. The van der Waals surface area contributed by atoms with Crippen molar-refractivity contribution in [3.8, 4) is 5.75 Å². The number of rotatable bonds is 6. The van der Waals surface area contributed by atoms with Crippen LogP contribution in [0.25, 0.3) is 0 Å². The predicted molar refractivity (Wildman–Crippen MR) is 84.6 cm³/mol. The first-order chi connectivity index (χ1) is 10.2. The number of aryl methyl sites for hydroxylation is 2. The van der Waals surface area contributed by atoms with E-state index in [0.717, 1.165) is 30.1 Å². The summed E-state index contributed by atoms with van der Waals surface area (Å²) in [5.74, 6) is 0.928. The molecule has 0 amide bonds. The van der Waals surface area contributed by atoms with Crippen molar-refractivity contribution < 1.29 is 4.74 Å². The van der Waals surface area contributed by atoms with Crippen LogP contribution in [0.3, 0.4) is 0 Å². The van der Waals surface area contributed by atoms with Crippen molar-refractivity contribution in [1.82, 2.24) is 15.5 Å². The van der Waals surface area contributed by atoms with Gasteiger partial charge in [-0.1, -0.05) is 25.1 Å². The quantitative estimate of drug-likeness (QED) is 0.886. The van der Waals surface area contributed by atoms with Crippen molar-refractivity contribution in [2.75, 3.05) is 13.7 Å². The van der Waals surface area contributed by atoms with Gasteiger partial charge in [-0.3, -0.25) is 0 Å². The molecule has 21 heavy (non-hydrogen) atoms. The molecule has 0 saturated carbocycles. The lowest BCUT2D eigenvalue weighted by molar-refractivity contribution is 0.405. The third-order valence-electron chi connectivity index (χ3n) is 3.58. The number of aromatic nitrogens is 2. The van der Waals surface area contributed by atoms with Crippen LogP contribution in [-0.2, 0) is 6.42 Å². The Balaban J connectivity index is 2.33. The molecule has 4 nitrogen and oxygen atoms in total. The summed E-state index contributed by atoms with van der Waals surface area (Å²) in [7, 11) is 1.71. The van der Waals surface area contributed by atoms with E-state index in [1.165, 1.54) is 11.1 Å². The maximum atomic E-state index is 5.46. The molecule has 0 radical (unpaired) electrons. The second-order valence-corrected chi connectivity index (χ2v) is 5.15. The molecule has 1 N–H and O–H groups in total. The molecule has 0 aliphatic carbocycles. The van der Waals surface area contributed by atoms with Crippen LogP contribution in [0.2, 0.25) is 0 Å². The number of ether oxygens (including phenoxy) is 1. The van der Waals surface area contributed by atoms with E-state index in [2.05, 4.69) is 34.6 Å². The molecule has 0 fully saturated rings. The van der Waals surface area contributed by atoms with E-state index < -0.39 is 0 Å². The summed E-state index contributed by atoms with van der Waals surface area (Å²) in [4.78, 5) is 0. The number of nitrogens with zero attached hydrogens (tertiary/aromatic N) is 2. The number of likely N-dealkylation sites (N-methyl/N-ethyl adjacent to an activating group) is 1. The van der Waals surface area contributed by atoms with Gasteiger partial charge in [0, 0.05) is 6.04 Å². The van der Waals surface area contributed by atoms with Gasteiger partial charge in [-0.15, -0.1) is 0 Å². The van der Waals surface area contributed by atoms with Gasteiger partial charge in [0.2, 0.25) is 0 Å². The molecule has 0 aliphatic heterocycles. The first kappa shape index (κ1) is 15.4. The van der Waals surface area contributed by atoms with Crippen LogP contribution in [0.15, 0.2) is 30.3 Å². The Morgan fingerprint density at radius 2 is 1.95 bits per heavy atom. The van der Waals surface area contributed by atoms with Gasteiger partial charge in [0.25, 0.3) is 0 Å². The minimum absolute atomic E-state index is 0.209. The highest BCUT2D eigenvalue weighted by Gasteiger charge is 2.17. The highest BCUT2D eigenvalue weighted by atomic mass is 16.5. The summed E-state index contributed by atoms with van der Waals surface area (Å²) in [5, 5.41) is 11.9. The molecule has 2 rings (SSSR count). The van der Waals surface area contributed by atoms with Crippen LogP contribution in [0.5, 0.6) is 5.75 Å².